The fourth-order valence-electron chi connectivity index (χ4n) is 2.88. The fraction of sp³-hybridized carbons (Fsp3) is 0.318. The summed E-state index contributed by atoms with van der Waals surface area (Å²) in [6.45, 7) is 9.79. The van der Waals surface area contributed by atoms with E-state index in [-0.39, 0.29) is 0 Å². The molecule has 4 rings (SSSR count). The van der Waals surface area contributed by atoms with E-state index in [1.54, 1.807) is 0 Å². The van der Waals surface area contributed by atoms with E-state index < -0.39 is 0 Å². The predicted molar refractivity (Wildman–Crippen MR) is 123 cm³/mol. The smallest absolute Gasteiger partial charge is 0.209 e. The topological polar surface area (TPSA) is 65.4 Å². The van der Waals surface area contributed by atoms with Crippen LogP contribution in [0.4, 0.5) is 10.9 Å². The third-order valence-electron chi connectivity index (χ3n) is 4.51. The fourth-order valence-corrected chi connectivity index (χ4v) is 3.50. The first-order valence-corrected chi connectivity index (χ1v) is 10.6. The summed E-state index contributed by atoms with van der Waals surface area (Å²) in [7, 11) is 2.05. The molecule has 1 aliphatic rings. The van der Waals surface area contributed by atoms with Gasteiger partial charge in [0.15, 0.2) is 0 Å². The Morgan fingerprint density at radius 2 is 1.83 bits per heavy atom. The molecule has 2 N–H and O–H groups in total. The molecule has 0 bridgehead atoms. The first-order valence-electron chi connectivity index (χ1n) is 9.73. The molecular weight excluding hydrogens is 380 g/mol. The minimum absolute atomic E-state index is 0.667. The van der Waals surface area contributed by atoms with Crippen LogP contribution in [0.1, 0.15) is 17.5 Å². The van der Waals surface area contributed by atoms with Crippen LogP contribution in [0.25, 0.3) is 11.4 Å². The van der Waals surface area contributed by atoms with Gasteiger partial charge in [-0.05, 0) is 50.8 Å². The van der Waals surface area contributed by atoms with Crippen molar-refractivity contribution in [2.24, 2.45) is 4.99 Å². The van der Waals surface area contributed by atoms with E-state index in [4.69, 9.17) is 4.98 Å². The summed E-state index contributed by atoms with van der Waals surface area (Å²) in [6, 6.07) is 14.5. The van der Waals surface area contributed by atoms with Gasteiger partial charge in [-0.3, -0.25) is 0 Å². The lowest BCUT2D eigenvalue weighted by atomic mass is 10.1. The highest BCUT2D eigenvalue weighted by atomic mass is 32.1. The third-order valence-corrected chi connectivity index (χ3v) is 5.29. The van der Waals surface area contributed by atoms with Gasteiger partial charge in [0.1, 0.15) is 11.5 Å². The van der Waals surface area contributed by atoms with E-state index in [0.29, 0.717) is 5.13 Å². The second-order valence-corrected chi connectivity index (χ2v) is 7.76. The molecule has 1 aliphatic heterocycles. The van der Waals surface area contributed by atoms with Crippen LogP contribution < -0.4 is 15.5 Å². The standard InChI is InChI=1S/C18H18N4S.C4H10N2/c1-13-7-9-14(10-8-13)11-22(3)17-6-4-5-15(20-17)16-12-23-18(19-2)21-16;1-2-5-4-6-3-1/h4-10,12H,2,11H2,1,3H3;5-6H,1-4H2. The summed E-state index contributed by atoms with van der Waals surface area (Å²) in [5.41, 5.74) is 4.22. The summed E-state index contributed by atoms with van der Waals surface area (Å²) in [6.07, 6.45) is 1.28. The number of rotatable bonds is 5. The number of nitrogens with one attached hydrogen (secondary N) is 2. The van der Waals surface area contributed by atoms with Crippen molar-refractivity contribution in [1.29, 1.82) is 0 Å². The lowest BCUT2D eigenvalue weighted by Gasteiger charge is -2.18. The van der Waals surface area contributed by atoms with Gasteiger partial charge in [0.25, 0.3) is 0 Å². The minimum atomic E-state index is 0.667. The molecule has 1 aromatic carbocycles. The van der Waals surface area contributed by atoms with Crippen LogP contribution in [0.15, 0.2) is 52.8 Å². The minimum Gasteiger partial charge on any atom is -0.355 e. The Balaban J connectivity index is 0.000000343. The average molecular weight is 409 g/mol. The molecule has 6 nitrogen and oxygen atoms in total. The Labute approximate surface area is 176 Å². The number of hydrogen-bond acceptors (Lipinski definition) is 7. The van der Waals surface area contributed by atoms with Gasteiger partial charge < -0.3 is 15.5 Å². The molecule has 0 saturated carbocycles. The molecule has 7 heteroatoms. The highest BCUT2D eigenvalue weighted by molar-refractivity contribution is 7.13. The molecule has 0 atom stereocenters. The van der Waals surface area contributed by atoms with E-state index in [2.05, 4.69) is 63.4 Å². The Bertz CT molecular complexity index is 890. The first-order chi connectivity index (χ1) is 14.2. The zero-order valence-corrected chi connectivity index (χ0v) is 17.9. The molecule has 29 heavy (non-hydrogen) atoms. The Kier molecular flexibility index (Phi) is 7.86. The summed E-state index contributed by atoms with van der Waals surface area (Å²) in [5.74, 6) is 0.921. The zero-order chi connectivity index (χ0) is 20.5. The van der Waals surface area contributed by atoms with E-state index in [9.17, 15) is 0 Å². The van der Waals surface area contributed by atoms with Crippen LogP contribution in [-0.4, -0.2) is 43.5 Å². The number of aryl methyl sites for hydroxylation is 1. The van der Waals surface area contributed by atoms with Crippen molar-refractivity contribution >= 4 is 29.0 Å². The van der Waals surface area contributed by atoms with Gasteiger partial charge >= 0.3 is 0 Å². The van der Waals surface area contributed by atoms with Crippen LogP contribution in [0.3, 0.4) is 0 Å². The maximum atomic E-state index is 4.71. The SMILES string of the molecule is C1CNCNC1.C=Nc1nc(-c2cccc(N(C)Cc3ccc(C)cc3)n2)cs1. The van der Waals surface area contributed by atoms with Crippen molar-refractivity contribution in [2.45, 2.75) is 19.9 Å². The molecule has 0 radical (unpaired) electrons. The average Bonchev–Trinajstić information content (AvgIpc) is 3.27. The highest BCUT2D eigenvalue weighted by Crippen LogP contribution is 2.26. The monoisotopic (exact) mass is 408 g/mol. The second-order valence-electron chi connectivity index (χ2n) is 6.93. The molecule has 0 aliphatic carbocycles. The third kappa shape index (κ3) is 6.45. The van der Waals surface area contributed by atoms with Gasteiger partial charge in [-0.2, -0.15) is 0 Å². The van der Waals surface area contributed by atoms with E-state index in [0.717, 1.165) is 30.4 Å². The summed E-state index contributed by atoms with van der Waals surface area (Å²) >= 11 is 1.47. The van der Waals surface area contributed by atoms with Crippen LogP contribution in [-0.2, 0) is 6.54 Å². The molecule has 1 fully saturated rings. The highest BCUT2D eigenvalue weighted by Gasteiger charge is 2.08. The number of thiazole rings is 1. The largest absolute Gasteiger partial charge is 0.355 e. The lowest BCUT2D eigenvalue weighted by molar-refractivity contribution is 0.496. The predicted octanol–water partition coefficient (Wildman–Crippen LogP) is 4.01. The zero-order valence-electron chi connectivity index (χ0n) is 17.1. The molecule has 3 aromatic rings. The molecule has 0 unspecified atom stereocenters. The van der Waals surface area contributed by atoms with E-state index in [1.165, 1.54) is 42.0 Å². The van der Waals surface area contributed by atoms with Crippen molar-refractivity contribution in [2.75, 3.05) is 31.7 Å². The molecule has 3 heterocycles. The van der Waals surface area contributed by atoms with Crippen molar-refractivity contribution in [3.63, 3.8) is 0 Å². The summed E-state index contributed by atoms with van der Waals surface area (Å²) in [4.78, 5) is 15.1. The number of nitrogens with zero attached hydrogens (tertiary/aromatic N) is 4. The van der Waals surface area contributed by atoms with Crippen molar-refractivity contribution < 1.29 is 0 Å². The molecule has 152 valence electrons. The maximum absolute atomic E-state index is 4.71. The number of hydrogen-bond donors (Lipinski definition) is 2. The van der Waals surface area contributed by atoms with Crippen molar-refractivity contribution in [3.8, 4) is 11.4 Å². The number of benzene rings is 1. The molecule has 1 saturated heterocycles. The molecular formula is C22H28N6S. The number of aliphatic imine (C=N–C) groups is 1. The molecule has 0 amide bonds. The molecule has 0 spiro atoms. The van der Waals surface area contributed by atoms with Crippen LogP contribution in [0.2, 0.25) is 0 Å². The van der Waals surface area contributed by atoms with Crippen LogP contribution in [0, 0.1) is 6.92 Å². The summed E-state index contributed by atoms with van der Waals surface area (Å²) in [5, 5.41) is 8.97. The van der Waals surface area contributed by atoms with Crippen LogP contribution >= 0.6 is 11.3 Å². The van der Waals surface area contributed by atoms with Gasteiger partial charge in [0, 0.05) is 25.6 Å². The second kappa shape index (κ2) is 10.8. The first kappa shape index (κ1) is 21.1. The van der Waals surface area contributed by atoms with E-state index >= 15 is 0 Å². The van der Waals surface area contributed by atoms with Crippen LogP contribution in [0.5, 0.6) is 0 Å². The summed E-state index contributed by atoms with van der Waals surface area (Å²) < 4.78 is 0. The lowest BCUT2D eigenvalue weighted by Crippen LogP contribution is -2.37. The van der Waals surface area contributed by atoms with E-state index in [1.807, 2.05) is 30.6 Å². The maximum Gasteiger partial charge on any atom is 0.209 e. The molecule has 2 aromatic heterocycles. The number of anilines is 1. The number of pyridine rings is 1. The van der Waals surface area contributed by atoms with Crippen molar-refractivity contribution in [1.82, 2.24) is 20.6 Å². The Morgan fingerprint density at radius 1 is 1.07 bits per heavy atom. The Morgan fingerprint density at radius 3 is 2.41 bits per heavy atom. The van der Waals surface area contributed by atoms with Gasteiger partial charge in [0.2, 0.25) is 5.13 Å². The quantitative estimate of drug-likeness (QED) is 0.625. The van der Waals surface area contributed by atoms with Gasteiger partial charge in [-0.15, -0.1) is 11.3 Å². The van der Waals surface area contributed by atoms with Crippen molar-refractivity contribution in [3.05, 3.63) is 59.0 Å². The Hall–Kier alpha value is -2.61. The number of aromatic nitrogens is 2. The normalized spacial score (nSPS) is 13.3. The van der Waals surface area contributed by atoms with Gasteiger partial charge in [-0.25, -0.2) is 15.0 Å². The van der Waals surface area contributed by atoms with Gasteiger partial charge in [0.05, 0.1) is 5.69 Å². The van der Waals surface area contributed by atoms with Gasteiger partial charge in [-0.1, -0.05) is 35.9 Å².